The smallest absolute Gasteiger partial charge is 0.233 e. The molecule has 0 aromatic heterocycles. The van der Waals surface area contributed by atoms with Crippen LogP contribution in [0.3, 0.4) is 0 Å². The molecular formula is C18H27BrN2OS. The van der Waals surface area contributed by atoms with Gasteiger partial charge in [-0.05, 0) is 49.9 Å². The summed E-state index contributed by atoms with van der Waals surface area (Å²) in [6.45, 7) is 9.85. The Kier molecular flexibility index (Phi) is 7.44. The van der Waals surface area contributed by atoms with E-state index in [2.05, 4.69) is 40.0 Å². The van der Waals surface area contributed by atoms with E-state index in [1.54, 1.807) is 11.8 Å². The summed E-state index contributed by atoms with van der Waals surface area (Å²) < 4.78 is 1.06. The highest BCUT2D eigenvalue weighted by Gasteiger charge is 2.23. The number of nitrogens with one attached hydrogen (secondary N) is 1. The number of likely N-dealkylation sites (tertiary alicyclic amines) is 1. The molecule has 1 saturated heterocycles. The van der Waals surface area contributed by atoms with E-state index in [0.29, 0.717) is 12.0 Å². The first-order chi connectivity index (χ1) is 10.9. The molecule has 1 unspecified atom stereocenters. The molecule has 1 aliphatic rings. The molecule has 1 aromatic rings. The molecule has 2 rings (SSSR count). The van der Waals surface area contributed by atoms with E-state index in [0.717, 1.165) is 41.8 Å². The first-order valence-electron chi connectivity index (χ1n) is 8.39. The standard InChI is InChI=1S/C18H27BrN2OS/c1-13(2)12-21-10-8-16(9-11-21)20-18(22)14(3)23-17-6-4-15(19)5-7-17/h4-7,13-14,16H,8-12H2,1-3H3,(H,20,22). The van der Waals surface area contributed by atoms with Gasteiger partial charge < -0.3 is 10.2 Å². The van der Waals surface area contributed by atoms with Gasteiger partial charge in [0, 0.05) is 35.0 Å². The number of benzene rings is 1. The van der Waals surface area contributed by atoms with Gasteiger partial charge >= 0.3 is 0 Å². The number of piperidine rings is 1. The summed E-state index contributed by atoms with van der Waals surface area (Å²) in [4.78, 5) is 16.0. The van der Waals surface area contributed by atoms with Crippen molar-refractivity contribution in [2.24, 2.45) is 5.92 Å². The highest BCUT2D eigenvalue weighted by molar-refractivity contribution is 9.10. The fourth-order valence-corrected chi connectivity index (χ4v) is 4.01. The maximum absolute atomic E-state index is 12.4. The van der Waals surface area contributed by atoms with E-state index in [1.165, 1.54) is 0 Å². The number of amides is 1. The first-order valence-corrected chi connectivity index (χ1v) is 10.1. The van der Waals surface area contributed by atoms with E-state index in [4.69, 9.17) is 0 Å². The lowest BCUT2D eigenvalue weighted by Gasteiger charge is -2.33. The van der Waals surface area contributed by atoms with Crippen molar-refractivity contribution in [3.8, 4) is 0 Å². The summed E-state index contributed by atoms with van der Waals surface area (Å²) in [7, 11) is 0. The molecule has 5 heteroatoms. The van der Waals surface area contributed by atoms with Crippen LogP contribution in [-0.4, -0.2) is 41.7 Å². The Morgan fingerprint density at radius 3 is 2.43 bits per heavy atom. The van der Waals surface area contributed by atoms with Gasteiger partial charge in [-0.1, -0.05) is 29.8 Å². The van der Waals surface area contributed by atoms with E-state index in [-0.39, 0.29) is 11.2 Å². The van der Waals surface area contributed by atoms with Crippen molar-refractivity contribution in [2.75, 3.05) is 19.6 Å². The zero-order valence-corrected chi connectivity index (χ0v) is 16.6. The quantitative estimate of drug-likeness (QED) is 0.729. The van der Waals surface area contributed by atoms with Gasteiger partial charge in [0.2, 0.25) is 5.91 Å². The number of carbonyl (C=O) groups is 1. The van der Waals surface area contributed by atoms with E-state index in [9.17, 15) is 4.79 Å². The fourth-order valence-electron chi connectivity index (χ4n) is 2.87. The fraction of sp³-hybridized carbons (Fsp3) is 0.611. The van der Waals surface area contributed by atoms with Gasteiger partial charge in [-0.15, -0.1) is 11.8 Å². The molecule has 0 bridgehead atoms. The molecule has 0 aliphatic carbocycles. The number of carbonyl (C=O) groups excluding carboxylic acids is 1. The van der Waals surface area contributed by atoms with E-state index in [1.807, 2.05) is 31.2 Å². The van der Waals surface area contributed by atoms with Gasteiger partial charge in [0.1, 0.15) is 0 Å². The second-order valence-electron chi connectivity index (χ2n) is 6.69. The number of hydrogen-bond acceptors (Lipinski definition) is 3. The van der Waals surface area contributed by atoms with Gasteiger partial charge in [-0.3, -0.25) is 4.79 Å². The Labute approximate surface area is 152 Å². The molecule has 0 saturated carbocycles. The lowest BCUT2D eigenvalue weighted by molar-refractivity contribution is -0.121. The minimum absolute atomic E-state index is 0.0649. The van der Waals surface area contributed by atoms with Crippen LogP contribution in [0.5, 0.6) is 0 Å². The molecule has 23 heavy (non-hydrogen) atoms. The van der Waals surface area contributed by atoms with E-state index >= 15 is 0 Å². The number of thioether (sulfide) groups is 1. The van der Waals surface area contributed by atoms with Crippen LogP contribution < -0.4 is 5.32 Å². The Balaban J connectivity index is 1.75. The molecule has 1 aliphatic heterocycles. The van der Waals surface area contributed by atoms with Crippen LogP contribution in [0, 0.1) is 5.92 Å². The summed E-state index contributed by atoms with van der Waals surface area (Å²) >= 11 is 5.05. The SMILES string of the molecule is CC(C)CN1CCC(NC(=O)C(C)Sc2ccc(Br)cc2)CC1. The van der Waals surface area contributed by atoms with Gasteiger partial charge in [0.15, 0.2) is 0 Å². The predicted octanol–water partition coefficient (Wildman–Crippen LogP) is 4.17. The maximum atomic E-state index is 12.4. The molecule has 1 N–H and O–H groups in total. The van der Waals surface area contributed by atoms with Crippen LogP contribution in [0.2, 0.25) is 0 Å². The van der Waals surface area contributed by atoms with Crippen LogP contribution in [0.4, 0.5) is 0 Å². The average molecular weight is 399 g/mol. The predicted molar refractivity (Wildman–Crippen MR) is 102 cm³/mol. The number of nitrogens with zero attached hydrogens (tertiary/aromatic N) is 1. The third-order valence-electron chi connectivity index (χ3n) is 4.05. The van der Waals surface area contributed by atoms with Crippen molar-refractivity contribution in [1.29, 1.82) is 0 Å². The van der Waals surface area contributed by atoms with Crippen molar-refractivity contribution in [1.82, 2.24) is 10.2 Å². The lowest BCUT2D eigenvalue weighted by atomic mass is 10.0. The molecule has 1 aromatic carbocycles. The topological polar surface area (TPSA) is 32.3 Å². The molecule has 0 radical (unpaired) electrons. The van der Waals surface area contributed by atoms with Crippen LogP contribution >= 0.6 is 27.7 Å². The maximum Gasteiger partial charge on any atom is 0.233 e. The molecular weight excluding hydrogens is 372 g/mol. The van der Waals surface area contributed by atoms with Crippen molar-refractivity contribution in [3.05, 3.63) is 28.7 Å². The van der Waals surface area contributed by atoms with Crippen molar-refractivity contribution in [3.63, 3.8) is 0 Å². The van der Waals surface area contributed by atoms with Crippen molar-refractivity contribution in [2.45, 2.75) is 49.8 Å². The van der Waals surface area contributed by atoms with Gasteiger partial charge in [-0.2, -0.15) is 0 Å². The average Bonchev–Trinajstić information content (AvgIpc) is 2.51. The zero-order valence-electron chi connectivity index (χ0n) is 14.2. The number of rotatable bonds is 6. The molecule has 0 spiro atoms. The lowest BCUT2D eigenvalue weighted by Crippen LogP contribution is -2.47. The minimum atomic E-state index is -0.0649. The molecule has 1 atom stereocenters. The van der Waals surface area contributed by atoms with Crippen molar-refractivity contribution < 1.29 is 4.79 Å². The Hall–Kier alpha value is -0.520. The molecule has 1 heterocycles. The van der Waals surface area contributed by atoms with Crippen LogP contribution in [0.15, 0.2) is 33.6 Å². The van der Waals surface area contributed by atoms with Gasteiger partial charge in [0.25, 0.3) is 0 Å². The molecule has 1 amide bonds. The Morgan fingerprint density at radius 1 is 1.26 bits per heavy atom. The summed E-state index contributed by atoms with van der Waals surface area (Å²) in [5.41, 5.74) is 0. The summed E-state index contributed by atoms with van der Waals surface area (Å²) in [6, 6.07) is 8.44. The van der Waals surface area contributed by atoms with Crippen LogP contribution in [0.25, 0.3) is 0 Å². The Bertz CT molecular complexity index is 498. The van der Waals surface area contributed by atoms with Gasteiger partial charge in [0.05, 0.1) is 5.25 Å². The second-order valence-corrected chi connectivity index (χ2v) is 9.02. The third-order valence-corrected chi connectivity index (χ3v) is 5.69. The first kappa shape index (κ1) is 18.8. The normalized spacial score (nSPS) is 18.1. The molecule has 1 fully saturated rings. The minimum Gasteiger partial charge on any atom is -0.352 e. The highest BCUT2D eigenvalue weighted by atomic mass is 79.9. The summed E-state index contributed by atoms with van der Waals surface area (Å²) in [5, 5.41) is 3.16. The van der Waals surface area contributed by atoms with E-state index < -0.39 is 0 Å². The zero-order chi connectivity index (χ0) is 16.8. The van der Waals surface area contributed by atoms with Crippen LogP contribution in [-0.2, 0) is 4.79 Å². The third kappa shape index (κ3) is 6.48. The second kappa shape index (κ2) is 9.09. The van der Waals surface area contributed by atoms with Crippen LogP contribution in [0.1, 0.15) is 33.6 Å². The Morgan fingerprint density at radius 2 is 1.87 bits per heavy atom. The number of hydrogen-bond donors (Lipinski definition) is 1. The number of halogens is 1. The molecule has 128 valence electrons. The summed E-state index contributed by atoms with van der Waals surface area (Å²) in [5.74, 6) is 0.865. The largest absolute Gasteiger partial charge is 0.352 e. The van der Waals surface area contributed by atoms with Crippen molar-refractivity contribution >= 4 is 33.6 Å². The monoisotopic (exact) mass is 398 g/mol. The molecule has 3 nitrogen and oxygen atoms in total. The van der Waals surface area contributed by atoms with Gasteiger partial charge in [-0.25, -0.2) is 0 Å². The summed E-state index contributed by atoms with van der Waals surface area (Å²) in [6.07, 6.45) is 2.13. The highest BCUT2D eigenvalue weighted by Crippen LogP contribution is 2.25.